The van der Waals surface area contributed by atoms with Crippen molar-refractivity contribution in [2.24, 2.45) is 0 Å². The van der Waals surface area contributed by atoms with Crippen molar-refractivity contribution < 1.29 is 14.6 Å². The minimum atomic E-state index is 0.0880. The summed E-state index contributed by atoms with van der Waals surface area (Å²) in [4.78, 5) is 11.6. The maximum atomic E-state index is 11.6. The Hall–Kier alpha value is -1.55. The van der Waals surface area contributed by atoms with E-state index in [4.69, 9.17) is 9.84 Å². The lowest BCUT2D eigenvalue weighted by Crippen LogP contribution is -2.24. The molecule has 1 rings (SSSR count). The minimum absolute atomic E-state index is 0.0880. The second-order valence-electron chi connectivity index (χ2n) is 5.26. The van der Waals surface area contributed by atoms with Gasteiger partial charge in [-0.1, -0.05) is 25.0 Å². The molecule has 0 saturated carbocycles. The van der Waals surface area contributed by atoms with Crippen LogP contribution in [0.25, 0.3) is 0 Å². The van der Waals surface area contributed by atoms with Crippen molar-refractivity contribution in [1.82, 2.24) is 5.32 Å². The Labute approximate surface area is 127 Å². The number of ether oxygens (including phenoxy) is 1. The van der Waals surface area contributed by atoms with E-state index >= 15 is 0 Å². The molecular formula is C17H27NO3. The van der Waals surface area contributed by atoms with E-state index in [-0.39, 0.29) is 12.5 Å². The van der Waals surface area contributed by atoms with E-state index in [9.17, 15) is 4.79 Å². The van der Waals surface area contributed by atoms with Gasteiger partial charge in [0.05, 0.1) is 6.61 Å². The summed E-state index contributed by atoms with van der Waals surface area (Å²) in [5.41, 5.74) is 1.17. The highest BCUT2D eigenvalue weighted by Crippen LogP contribution is 2.12. The molecule has 21 heavy (non-hydrogen) atoms. The topological polar surface area (TPSA) is 58.6 Å². The Morgan fingerprint density at radius 3 is 2.76 bits per heavy atom. The van der Waals surface area contributed by atoms with E-state index < -0.39 is 0 Å². The van der Waals surface area contributed by atoms with E-state index in [0.717, 1.165) is 44.4 Å². The summed E-state index contributed by atoms with van der Waals surface area (Å²) < 4.78 is 5.60. The van der Waals surface area contributed by atoms with Gasteiger partial charge < -0.3 is 15.2 Å². The second-order valence-corrected chi connectivity index (χ2v) is 5.26. The highest BCUT2D eigenvalue weighted by molar-refractivity contribution is 5.75. The molecule has 0 unspecified atom stereocenters. The van der Waals surface area contributed by atoms with Crippen LogP contribution < -0.4 is 10.1 Å². The summed E-state index contributed by atoms with van der Waals surface area (Å²) >= 11 is 0. The SMILES string of the molecule is Cc1cccc(OCCCC(=O)NCCCCCCO)c1. The van der Waals surface area contributed by atoms with E-state index in [0.29, 0.717) is 13.0 Å². The first-order valence-corrected chi connectivity index (χ1v) is 7.79. The van der Waals surface area contributed by atoms with Gasteiger partial charge in [0.1, 0.15) is 5.75 Å². The van der Waals surface area contributed by atoms with Crippen LogP contribution in [0.1, 0.15) is 44.1 Å². The molecule has 1 amide bonds. The Balaban J connectivity index is 1.98. The van der Waals surface area contributed by atoms with Crippen LogP contribution >= 0.6 is 0 Å². The molecule has 0 aliphatic rings. The summed E-state index contributed by atoms with van der Waals surface area (Å²) in [6.07, 6.45) is 5.14. The molecule has 0 radical (unpaired) electrons. The molecule has 0 aliphatic carbocycles. The Morgan fingerprint density at radius 2 is 2.00 bits per heavy atom. The lowest BCUT2D eigenvalue weighted by Gasteiger charge is -2.07. The van der Waals surface area contributed by atoms with Crippen molar-refractivity contribution in [3.63, 3.8) is 0 Å². The van der Waals surface area contributed by atoms with Crippen LogP contribution in [0.3, 0.4) is 0 Å². The molecule has 0 spiro atoms. The first kappa shape index (κ1) is 17.5. The van der Waals surface area contributed by atoms with Crippen LogP contribution in [0.15, 0.2) is 24.3 Å². The van der Waals surface area contributed by atoms with E-state index in [1.807, 2.05) is 31.2 Å². The first-order valence-electron chi connectivity index (χ1n) is 7.79. The summed E-state index contributed by atoms with van der Waals surface area (Å²) in [6.45, 7) is 3.57. The highest BCUT2D eigenvalue weighted by Gasteiger charge is 2.01. The number of benzene rings is 1. The van der Waals surface area contributed by atoms with Gasteiger partial charge in [-0.15, -0.1) is 0 Å². The molecule has 0 aliphatic heterocycles. The van der Waals surface area contributed by atoms with Gasteiger partial charge in [-0.3, -0.25) is 4.79 Å². The second kappa shape index (κ2) is 11.1. The van der Waals surface area contributed by atoms with Gasteiger partial charge in [0.25, 0.3) is 0 Å². The van der Waals surface area contributed by atoms with Crippen LogP contribution in [-0.4, -0.2) is 30.8 Å². The monoisotopic (exact) mass is 293 g/mol. The fourth-order valence-corrected chi connectivity index (χ4v) is 2.03. The van der Waals surface area contributed by atoms with Crippen LogP contribution in [0, 0.1) is 6.92 Å². The number of unbranched alkanes of at least 4 members (excludes halogenated alkanes) is 3. The highest BCUT2D eigenvalue weighted by atomic mass is 16.5. The number of carbonyl (C=O) groups excluding carboxylic acids is 1. The molecule has 0 heterocycles. The maximum absolute atomic E-state index is 11.6. The van der Waals surface area contributed by atoms with E-state index in [2.05, 4.69) is 5.32 Å². The molecule has 4 nitrogen and oxygen atoms in total. The number of aliphatic hydroxyl groups excluding tert-OH is 1. The molecule has 1 aromatic rings. The fourth-order valence-electron chi connectivity index (χ4n) is 2.03. The molecule has 0 atom stereocenters. The zero-order valence-corrected chi connectivity index (χ0v) is 12.9. The zero-order valence-electron chi connectivity index (χ0n) is 12.9. The van der Waals surface area contributed by atoms with Crippen LogP contribution in [0.4, 0.5) is 0 Å². The van der Waals surface area contributed by atoms with Crippen molar-refractivity contribution in [2.75, 3.05) is 19.8 Å². The number of hydrogen-bond donors (Lipinski definition) is 2. The van der Waals surface area contributed by atoms with Crippen molar-refractivity contribution >= 4 is 5.91 Å². The van der Waals surface area contributed by atoms with Crippen LogP contribution in [0.2, 0.25) is 0 Å². The van der Waals surface area contributed by atoms with E-state index in [1.54, 1.807) is 0 Å². The lowest BCUT2D eigenvalue weighted by atomic mass is 10.2. The predicted molar refractivity (Wildman–Crippen MR) is 84.5 cm³/mol. The average Bonchev–Trinajstić information content (AvgIpc) is 2.47. The molecule has 0 aromatic heterocycles. The van der Waals surface area contributed by atoms with Gasteiger partial charge in [0.2, 0.25) is 5.91 Å². The molecule has 1 aromatic carbocycles. The normalized spacial score (nSPS) is 10.4. The van der Waals surface area contributed by atoms with Crippen molar-refractivity contribution in [3.05, 3.63) is 29.8 Å². The third-order valence-corrected chi connectivity index (χ3v) is 3.21. The van der Waals surface area contributed by atoms with Gasteiger partial charge in [-0.25, -0.2) is 0 Å². The largest absolute Gasteiger partial charge is 0.494 e. The summed E-state index contributed by atoms with van der Waals surface area (Å²) in [5, 5.41) is 11.6. The third kappa shape index (κ3) is 9.08. The van der Waals surface area contributed by atoms with Crippen LogP contribution in [-0.2, 0) is 4.79 Å². The summed E-state index contributed by atoms with van der Waals surface area (Å²) in [6, 6.07) is 7.92. The summed E-state index contributed by atoms with van der Waals surface area (Å²) in [7, 11) is 0. The fraction of sp³-hybridized carbons (Fsp3) is 0.588. The average molecular weight is 293 g/mol. The molecule has 4 heteroatoms. The predicted octanol–water partition coefficient (Wildman–Crippen LogP) is 2.82. The Morgan fingerprint density at radius 1 is 1.19 bits per heavy atom. The number of carbonyl (C=O) groups is 1. The van der Waals surface area contributed by atoms with Crippen LogP contribution in [0.5, 0.6) is 5.75 Å². The van der Waals surface area contributed by atoms with Crippen molar-refractivity contribution in [2.45, 2.75) is 45.4 Å². The number of aryl methyl sites for hydroxylation is 1. The van der Waals surface area contributed by atoms with Crippen molar-refractivity contribution in [1.29, 1.82) is 0 Å². The smallest absolute Gasteiger partial charge is 0.220 e. The molecular weight excluding hydrogens is 266 g/mol. The number of aliphatic hydroxyl groups is 1. The van der Waals surface area contributed by atoms with Gasteiger partial charge >= 0.3 is 0 Å². The summed E-state index contributed by atoms with van der Waals surface area (Å²) in [5.74, 6) is 0.948. The quantitative estimate of drug-likeness (QED) is 0.617. The van der Waals surface area contributed by atoms with Gasteiger partial charge in [0.15, 0.2) is 0 Å². The maximum Gasteiger partial charge on any atom is 0.220 e. The lowest BCUT2D eigenvalue weighted by molar-refractivity contribution is -0.121. The number of nitrogens with one attached hydrogen (secondary N) is 1. The first-order chi connectivity index (χ1) is 10.2. The number of hydrogen-bond acceptors (Lipinski definition) is 3. The number of amides is 1. The van der Waals surface area contributed by atoms with Crippen molar-refractivity contribution in [3.8, 4) is 5.75 Å². The molecule has 0 fully saturated rings. The van der Waals surface area contributed by atoms with E-state index in [1.165, 1.54) is 5.56 Å². The standard InChI is InChI=1S/C17H27NO3/c1-15-8-6-9-16(14-15)21-13-7-10-17(20)18-11-4-2-3-5-12-19/h6,8-9,14,19H,2-5,7,10-13H2,1H3,(H,18,20). The molecule has 0 bridgehead atoms. The molecule has 0 saturated heterocycles. The minimum Gasteiger partial charge on any atom is -0.494 e. The third-order valence-electron chi connectivity index (χ3n) is 3.21. The Kier molecular flexibility index (Phi) is 9.29. The Bertz CT molecular complexity index is 407. The van der Waals surface area contributed by atoms with Gasteiger partial charge in [-0.2, -0.15) is 0 Å². The van der Waals surface area contributed by atoms with Gasteiger partial charge in [-0.05, 0) is 43.9 Å². The molecule has 2 N–H and O–H groups in total. The zero-order chi connectivity index (χ0) is 15.3. The van der Waals surface area contributed by atoms with Gasteiger partial charge in [0, 0.05) is 19.6 Å². The number of rotatable bonds is 11. The molecule has 118 valence electrons.